The van der Waals surface area contributed by atoms with Crippen molar-refractivity contribution in [3.05, 3.63) is 12.4 Å². The molecule has 0 aromatic heterocycles. The predicted octanol–water partition coefficient (Wildman–Crippen LogP) is 13.2. The number of unbranched alkanes of at least 4 members (excludes halogenated alkanes) is 26. The lowest BCUT2D eigenvalue weighted by Crippen LogP contribution is -2.42. The molecule has 0 aromatic carbocycles. The summed E-state index contributed by atoms with van der Waals surface area (Å²) in [6, 6.07) is 0.606. The van der Waals surface area contributed by atoms with E-state index in [0.29, 0.717) is 12.2 Å². The highest BCUT2D eigenvalue weighted by molar-refractivity contribution is 4.98. The average Bonchev–Trinajstić information content (AvgIpc) is 3.36. The fraction of sp³-hybridized carbons (Fsp3) is 0.947. The molecule has 2 heteroatoms. The van der Waals surface area contributed by atoms with Crippen LogP contribution in [0, 0.1) is 0 Å². The molecule has 40 heavy (non-hydrogen) atoms. The molecule has 0 amide bonds. The summed E-state index contributed by atoms with van der Waals surface area (Å²) >= 11 is 0. The van der Waals surface area contributed by atoms with Crippen LogP contribution in [0.5, 0.6) is 0 Å². The zero-order chi connectivity index (χ0) is 28.9. The van der Waals surface area contributed by atoms with Crippen molar-refractivity contribution in [2.75, 3.05) is 6.54 Å². The average molecular weight is 561 g/mol. The largest absolute Gasteiger partial charge is 0.356 e. The van der Waals surface area contributed by atoms with Crippen LogP contribution in [0.15, 0.2) is 12.4 Å². The highest BCUT2D eigenvalue weighted by Crippen LogP contribution is 2.25. The normalized spacial score (nSPS) is 15.3. The summed E-state index contributed by atoms with van der Waals surface area (Å²) in [5, 5.41) is 0. The second kappa shape index (κ2) is 28.5. The molecule has 0 N–H and O–H groups in total. The summed E-state index contributed by atoms with van der Waals surface area (Å²) in [6.07, 6.45) is 47.2. The Morgan fingerprint density at radius 1 is 0.425 bits per heavy atom. The molecule has 0 fully saturated rings. The molecule has 1 unspecified atom stereocenters. The van der Waals surface area contributed by atoms with E-state index in [2.05, 4.69) is 49.9 Å². The van der Waals surface area contributed by atoms with Crippen molar-refractivity contribution >= 4 is 0 Å². The molecule has 0 bridgehead atoms. The van der Waals surface area contributed by atoms with E-state index in [-0.39, 0.29) is 0 Å². The van der Waals surface area contributed by atoms with E-state index in [1.54, 1.807) is 0 Å². The Balaban J connectivity index is 1.99. The van der Waals surface area contributed by atoms with Crippen molar-refractivity contribution in [2.45, 2.75) is 226 Å². The SMILES string of the molecule is CCCCCCCCCCCCCCCCCC1N(CCCCCCCCCCCCCCC)C=CN1C(C)C. The standard InChI is InChI=1S/C38H76N2/c1-5-7-9-11-13-15-17-19-20-21-23-25-27-29-31-33-38-39(35-36-40(38)37(3)4)34-32-30-28-26-24-22-18-16-14-12-10-8-6-2/h35-38H,5-34H2,1-4H3. The van der Waals surface area contributed by atoms with E-state index in [1.165, 1.54) is 193 Å². The minimum Gasteiger partial charge on any atom is -0.356 e. The van der Waals surface area contributed by atoms with Crippen molar-refractivity contribution in [1.29, 1.82) is 0 Å². The first-order valence-electron chi connectivity index (χ1n) is 18.9. The van der Waals surface area contributed by atoms with Gasteiger partial charge in [-0.05, 0) is 33.1 Å². The summed E-state index contributed by atoms with van der Waals surface area (Å²) in [5.41, 5.74) is 0. The van der Waals surface area contributed by atoms with Gasteiger partial charge in [0.2, 0.25) is 0 Å². The molecule has 1 aliphatic heterocycles. The van der Waals surface area contributed by atoms with Crippen LogP contribution >= 0.6 is 0 Å². The lowest BCUT2D eigenvalue weighted by atomic mass is 10.0. The minimum absolute atomic E-state index is 0.606. The molecular weight excluding hydrogens is 484 g/mol. The molecule has 0 spiro atoms. The van der Waals surface area contributed by atoms with Crippen LogP contribution < -0.4 is 0 Å². The maximum Gasteiger partial charge on any atom is 0.101 e. The Bertz CT molecular complexity index is 528. The Hall–Kier alpha value is -0.660. The third kappa shape index (κ3) is 21.1. The van der Waals surface area contributed by atoms with Crippen molar-refractivity contribution < 1.29 is 0 Å². The van der Waals surface area contributed by atoms with E-state index in [1.807, 2.05) is 0 Å². The van der Waals surface area contributed by atoms with Crippen LogP contribution in [0.2, 0.25) is 0 Å². The number of hydrogen-bond donors (Lipinski definition) is 0. The van der Waals surface area contributed by atoms with Crippen molar-refractivity contribution in [1.82, 2.24) is 9.80 Å². The van der Waals surface area contributed by atoms with Crippen LogP contribution in [-0.2, 0) is 0 Å². The quantitative estimate of drug-likeness (QED) is 0.0778. The first-order valence-corrected chi connectivity index (χ1v) is 18.9. The summed E-state index contributed by atoms with van der Waals surface area (Å²) in [6.45, 7) is 10.6. The van der Waals surface area contributed by atoms with Gasteiger partial charge in [0, 0.05) is 25.0 Å². The van der Waals surface area contributed by atoms with Crippen LogP contribution in [0.25, 0.3) is 0 Å². The summed E-state index contributed by atoms with van der Waals surface area (Å²) in [4.78, 5) is 5.29. The van der Waals surface area contributed by atoms with Crippen LogP contribution in [0.1, 0.15) is 214 Å². The van der Waals surface area contributed by atoms with Gasteiger partial charge in [0.1, 0.15) is 6.17 Å². The Morgan fingerprint density at radius 3 is 1.10 bits per heavy atom. The lowest BCUT2D eigenvalue weighted by Gasteiger charge is -2.35. The molecule has 1 atom stereocenters. The Morgan fingerprint density at radius 2 is 0.750 bits per heavy atom. The minimum atomic E-state index is 0.606. The molecule has 2 nitrogen and oxygen atoms in total. The first-order chi connectivity index (χ1) is 19.7. The fourth-order valence-corrected chi connectivity index (χ4v) is 6.60. The first kappa shape index (κ1) is 37.4. The van der Waals surface area contributed by atoms with Gasteiger partial charge in [0.25, 0.3) is 0 Å². The van der Waals surface area contributed by atoms with Gasteiger partial charge < -0.3 is 9.80 Å². The van der Waals surface area contributed by atoms with Gasteiger partial charge in [0.05, 0.1) is 0 Å². The van der Waals surface area contributed by atoms with Gasteiger partial charge in [0.15, 0.2) is 0 Å². The monoisotopic (exact) mass is 561 g/mol. The lowest BCUT2D eigenvalue weighted by molar-refractivity contribution is 0.114. The molecule has 0 saturated heterocycles. The smallest absolute Gasteiger partial charge is 0.101 e. The molecule has 0 aromatic rings. The molecule has 1 rings (SSSR count). The zero-order valence-corrected chi connectivity index (χ0v) is 28.4. The molecular formula is C38H76N2. The van der Waals surface area contributed by atoms with Gasteiger partial charge >= 0.3 is 0 Å². The van der Waals surface area contributed by atoms with Crippen molar-refractivity contribution in [3.63, 3.8) is 0 Å². The van der Waals surface area contributed by atoms with E-state index < -0.39 is 0 Å². The molecule has 1 heterocycles. The highest BCUT2D eigenvalue weighted by atomic mass is 15.4. The fourth-order valence-electron chi connectivity index (χ4n) is 6.60. The maximum atomic E-state index is 2.67. The zero-order valence-electron chi connectivity index (χ0n) is 28.4. The molecule has 1 aliphatic rings. The molecule has 0 saturated carbocycles. The van der Waals surface area contributed by atoms with E-state index in [4.69, 9.17) is 0 Å². The number of hydrogen-bond acceptors (Lipinski definition) is 2. The molecule has 0 aliphatic carbocycles. The second-order valence-electron chi connectivity index (χ2n) is 13.5. The van der Waals surface area contributed by atoms with E-state index >= 15 is 0 Å². The topological polar surface area (TPSA) is 6.48 Å². The van der Waals surface area contributed by atoms with Crippen LogP contribution in [0.4, 0.5) is 0 Å². The second-order valence-corrected chi connectivity index (χ2v) is 13.5. The van der Waals surface area contributed by atoms with Gasteiger partial charge in [-0.15, -0.1) is 0 Å². The maximum absolute atomic E-state index is 2.67. The third-order valence-electron chi connectivity index (χ3n) is 9.34. The Kier molecular flexibility index (Phi) is 26.6. The van der Waals surface area contributed by atoms with Crippen molar-refractivity contribution in [2.24, 2.45) is 0 Å². The highest BCUT2D eigenvalue weighted by Gasteiger charge is 2.26. The van der Waals surface area contributed by atoms with E-state index in [0.717, 1.165) is 0 Å². The van der Waals surface area contributed by atoms with Gasteiger partial charge in [-0.3, -0.25) is 0 Å². The van der Waals surface area contributed by atoms with Crippen LogP contribution in [-0.4, -0.2) is 28.6 Å². The van der Waals surface area contributed by atoms with E-state index in [9.17, 15) is 0 Å². The van der Waals surface area contributed by atoms with Crippen molar-refractivity contribution in [3.8, 4) is 0 Å². The summed E-state index contributed by atoms with van der Waals surface area (Å²) < 4.78 is 0. The molecule has 0 radical (unpaired) electrons. The number of rotatable bonds is 31. The number of nitrogens with zero attached hydrogens (tertiary/aromatic N) is 2. The predicted molar refractivity (Wildman–Crippen MR) is 182 cm³/mol. The summed E-state index contributed by atoms with van der Waals surface area (Å²) in [7, 11) is 0. The summed E-state index contributed by atoms with van der Waals surface area (Å²) in [5.74, 6) is 0. The molecule has 238 valence electrons. The Labute approximate surface area is 254 Å². The van der Waals surface area contributed by atoms with Gasteiger partial charge in [-0.2, -0.15) is 0 Å². The third-order valence-corrected chi connectivity index (χ3v) is 9.34. The van der Waals surface area contributed by atoms with Gasteiger partial charge in [-0.1, -0.05) is 181 Å². The van der Waals surface area contributed by atoms with Gasteiger partial charge in [-0.25, -0.2) is 0 Å². The van der Waals surface area contributed by atoms with Crippen LogP contribution in [0.3, 0.4) is 0 Å².